The molecule has 0 fully saturated rings. The summed E-state index contributed by atoms with van der Waals surface area (Å²) in [5.74, 6) is -0.365. The topological polar surface area (TPSA) is 0 Å². The molecule has 0 heterocycles. The van der Waals surface area contributed by atoms with Crippen LogP contribution < -0.4 is 0 Å². The van der Waals surface area contributed by atoms with E-state index in [-0.39, 0.29) is 5.82 Å². The van der Waals surface area contributed by atoms with Crippen LogP contribution in [0.25, 0.3) is 0 Å². The number of hydrogen-bond acceptors (Lipinski definition) is 0. The fourth-order valence-electron chi connectivity index (χ4n) is 2.52. The highest BCUT2D eigenvalue weighted by Crippen LogP contribution is 2.39. The van der Waals surface area contributed by atoms with Gasteiger partial charge in [-0.3, -0.25) is 0 Å². The normalized spacial score (nSPS) is 12.6. The van der Waals surface area contributed by atoms with E-state index in [1.54, 1.807) is 12.1 Å². The van der Waals surface area contributed by atoms with Crippen molar-refractivity contribution in [3.05, 3.63) is 68.5 Å². The highest BCUT2D eigenvalue weighted by molar-refractivity contribution is 6.33. The van der Waals surface area contributed by atoms with E-state index in [1.165, 1.54) is 6.07 Å². The van der Waals surface area contributed by atoms with Crippen molar-refractivity contribution in [3.8, 4) is 0 Å². The Morgan fingerprint density at radius 1 is 0.950 bits per heavy atom. The Morgan fingerprint density at radius 3 is 2.00 bits per heavy atom. The first-order chi connectivity index (χ1) is 9.34. The van der Waals surface area contributed by atoms with Gasteiger partial charge in [0.15, 0.2) is 0 Å². The van der Waals surface area contributed by atoms with Crippen molar-refractivity contribution in [2.75, 3.05) is 0 Å². The van der Waals surface area contributed by atoms with Crippen molar-refractivity contribution in [1.29, 1.82) is 0 Å². The van der Waals surface area contributed by atoms with E-state index in [2.05, 4.69) is 6.07 Å². The number of aryl methyl sites for hydroxylation is 2. The van der Waals surface area contributed by atoms with Crippen molar-refractivity contribution in [3.63, 3.8) is 0 Å². The van der Waals surface area contributed by atoms with Crippen LogP contribution in [-0.2, 0) is 0 Å². The summed E-state index contributed by atoms with van der Waals surface area (Å²) < 4.78 is 14.1. The molecule has 0 bridgehead atoms. The third-order valence-corrected chi connectivity index (χ3v) is 4.70. The molecule has 0 aromatic heterocycles. The molecule has 2 aromatic rings. The van der Waals surface area contributed by atoms with Gasteiger partial charge in [0.1, 0.15) is 5.82 Å². The molecule has 2 rings (SSSR count). The Bertz CT molecular complexity index is 616. The van der Waals surface area contributed by atoms with Crippen molar-refractivity contribution >= 4 is 23.2 Å². The number of alkyl halides is 1. The molecular formula is C17H17Cl2F. The predicted molar refractivity (Wildman–Crippen MR) is 84.5 cm³/mol. The molecule has 0 aliphatic rings. The maximum atomic E-state index is 14.1. The minimum atomic E-state index is -0.581. The highest BCUT2D eigenvalue weighted by atomic mass is 35.5. The molecule has 0 saturated heterocycles. The maximum absolute atomic E-state index is 14.1. The van der Waals surface area contributed by atoms with Gasteiger partial charge < -0.3 is 0 Å². The molecular weight excluding hydrogens is 294 g/mol. The summed E-state index contributed by atoms with van der Waals surface area (Å²) >= 11 is 12.7. The Kier molecular flexibility index (Phi) is 4.41. The summed E-state index contributed by atoms with van der Waals surface area (Å²) in [7, 11) is 0. The van der Waals surface area contributed by atoms with Crippen molar-refractivity contribution < 1.29 is 4.39 Å². The number of halogens is 3. The molecule has 0 spiro atoms. The van der Waals surface area contributed by atoms with E-state index in [9.17, 15) is 4.39 Å². The lowest BCUT2D eigenvalue weighted by Crippen LogP contribution is -2.05. The van der Waals surface area contributed by atoms with Gasteiger partial charge in [-0.1, -0.05) is 23.7 Å². The zero-order chi connectivity index (χ0) is 15.0. The van der Waals surface area contributed by atoms with Crippen LogP contribution in [0.4, 0.5) is 4.39 Å². The molecule has 1 atom stereocenters. The molecule has 0 radical (unpaired) electrons. The first-order valence-electron chi connectivity index (χ1n) is 6.49. The van der Waals surface area contributed by atoms with Crippen LogP contribution in [0.3, 0.4) is 0 Å². The van der Waals surface area contributed by atoms with E-state index < -0.39 is 5.38 Å². The average molecular weight is 311 g/mol. The Labute approximate surface area is 129 Å². The molecule has 2 aromatic carbocycles. The van der Waals surface area contributed by atoms with E-state index in [1.807, 2.05) is 27.7 Å². The summed E-state index contributed by atoms with van der Waals surface area (Å²) in [5.41, 5.74) is 5.80. The second kappa shape index (κ2) is 5.75. The zero-order valence-corrected chi connectivity index (χ0v) is 13.5. The molecule has 0 N–H and O–H groups in total. The van der Waals surface area contributed by atoms with Crippen LogP contribution in [0.5, 0.6) is 0 Å². The third kappa shape index (κ3) is 2.57. The molecule has 0 aliphatic carbocycles. The molecule has 106 valence electrons. The van der Waals surface area contributed by atoms with Gasteiger partial charge in [-0.05, 0) is 67.6 Å². The molecule has 20 heavy (non-hydrogen) atoms. The van der Waals surface area contributed by atoms with Gasteiger partial charge in [0.2, 0.25) is 0 Å². The van der Waals surface area contributed by atoms with Crippen molar-refractivity contribution in [2.24, 2.45) is 0 Å². The molecule has 0 aliphatic heterocycles. The van der Waals surface area contributed by atoms with Crippen LogP contribution in [-0.4, -0.2) is 0 Å². The van der Waals surface area contributed by atoms with Gasteiger partial charge in [0.25, 0.3) is 0 Å². The average Bonchev–Trinajstić information content (AvgIpc) is 2.36. The van der Waals surface area contributed by atoms with Gasteiger partial charge in [-0.2, -0.15) is 0 Å². The lowest BCUT2D eigenvalue weighted by molar-refractivity contribution is 0.612. The number of rotatable bonds is 2. The van der Waals surface area contributed by atoms with E-state index in [0.29, 0.717) is 10.6 Å². The summed E-state index contributed by atoms with van der Waals surface area (Å²) in [5, 5.41) is -0.217. The van der Waals surface area contributed by atoms with Crippen LogP contribution in [0, 0.1) is 33.5 Å². The fraction of sp³-hybridized carbons (Fsp3) is 0.294. The maximum Gasteiger partial charge on any atom is 0.129 e. The first-order valence-corrected chi connectivity index (χ1v) is 7.31. The number of benzene rings is 2. The van der Waals surface area contributed by atoms with Gasteiger partial charge >= 0.3 is 0 Å². The fourth-order valence-corrected chi connectivity index (χ4v) is 3.40. The second-order valence-electron chi connectivity index (χ2n) is 5.17. The lowest BCUT2D eigenvalue weighted by Gasteiger charge is -2.21. The molecule has 0 nitrogen and oxygen atoms in total. The molecule has 3 heteroatoms. The molecule has 1 unspecified atom stereocenters. The quantitative estimate of drug-likeness (QED) is 0.593. The second-order valence-corrected chi connectivity index (χ2v) is 6.02. The van der Waals surface area contributed by atoms with Crippen LogP contribution in [0.15, 0.2) is 24.3 Å². The van der Waals surface area contributed by atoms with E-state index >= 15 is 0 Å². The van der Waals surface area contributed by atoms with E-state index in [4.69, 9.17) is 23.2 Å². The monoisotopic (exact) mass is 310 g/mol. The largest absolute Gasteiger partial charge is 0.207 e. The third-order valence-electron chi connectivity index (χ3n) is 3.93. The molecule has 0 amide bonds. The minimum absolute atomic E-state index is 0.354. The minimum Gasteiger partial charge on any atom is -0.207 e. The van der Waals surface area contributed by atoms with Crippen molar-refractivity contribution in [1.82, 2.24) is 0 Å². The Morgan fingerprint density at radius 2 is 1.50 bits per heavy atom. The molecule has 0 saturated carbocycles. The summed E-state index contributed by atoms with van der Waals surface area (Å²) in [6.07, 6.45) is 0. The van der Waals surface area contributed by atoms with Gasteiger partial charge in [0, 0.05) is 10.6 Å². The lowest BCUT2D eigenvalue weighted by atomic mass is 9.89. The van der Waals surface area contributed by atoms with E-state index in [0.717, 1.165) is 27.8 Å². The van der Waals surface area contributed by atoms with Gasteiger partial charge in [-0.15, -0.1) is 11.6 Å². The van der Waals surface area contributed by atoms with Crippen LogP contribution in [0.1, 0.15) is 38.8 Å². The smallest absolute Gasteiger partial charge is 0.129 e. The predicted octanol–water partition coefficient (Wildman–Crippen LogP) is 6.04. The summed E-state index contributed by atoms with van der Waals surface area (Å²) in [6, 6.07) is 6.78. The van der Waals surface area contributed by atoms with Gasteiger partial charge in [-0.25, -0.2) is 4.39 Å². The standard InChI is InChI=1S/C17H17Cl2F/c1-9-8-10(2)12(4)15(11(9)3)17(19)16-13(18)6-5-7-14(16)20/h5-8,17H,1-4H3. The van der Waals surface area contributed by atoms with Crippen LogP contribution >= 0.6 is 23.2 Å². The SMILES string of the molecule is Cc1cc(C)c(C)c(C(Cl)c2c(F)cccc2Cl)c1C. The number of hydrogen-bond donors (Lipinski definition) is 0. The zero-order valence-electron chi connectivity index (χ0n) is 12.0. The highest BCUT2D eigenvalue weighted by Gasteiger charge is 2.23. The summed E-state index contributed by atoms with van der Waals surface area (Å²) in [4.78, 5) is 0. The van der Waals surface area contributed by atoms with Crippen molar-refractivity contribution in [2.45, 2.75) is 33.1 Å². The first kappa shape index (κ1) is 15.3. The Balaban J connectivity index is 2.69. The summed E-state index contributed by atoms with van der Waals surface area (Å²) in [6.45, 7) is 8.11. The van der Waals surface area contributed by atoms with Gasteiger partial charge in [0.05, 0.1) is 5.38 Å². The van der Waals surface area contributed by atoms with Crippen LogP contribution in [0.2, 0.25) is 5.02 Å². The Hall–Kier alpha value is -1.05.